The van der Waals surface area contributed by atoms with Crippen LogP contribution in [0.25, 0.3) is 0 Å². The first-order chi connectivity index (χ1) is 13.5. The minimum Gasteiger partial charge on any atom is -0.496 e. The number of anilines is 1. The van der Waals surface area contributed by atoms with E-state index >= 15 is 0 Å². The van der Waals surface area contributed by atoms with E-state index in [2.05, 4.69) is 22.3 Å². The van der Waals surface area contributed by atoms with Crippen LogP contribution < -0.4 is 15.8 Å². The van der Waals surface area contributed by atoms with Gasteiger partial charge in [-0.2, -0.15) is 0 Å². The summed E-state index contributed by atoms with van der Waals surface area (Å²) in [5.74, 6) is 0.150. The van der Waals surface area contributed by atoms with Crippen LogP contribution in [0.2, 0.25) is 5.02 Å². The molecule has 1 heterocycles. The number of ether oxygens (including phenoxy) is 2. The number of nitrogen functional groups attached to an aromatic ring is 1. The van der Waals surface area contributed by atoms with Crippen molar-refractivity contribution < 1.29 is 14.3 Å². The minimum atomic E-state index is -0.248. The molecule has 1 amide bonds. The van der Waals surface area contributed by atoms with Gasteiger partial charge >= 0.3 is 0 Å². The number of piperidine rings is 1. The number of nitrogens with zero attached hydrogens (tertiary/aromatic N) is 1. The molecule has 0 bridgehead atoms. The molecule has 3 rings (SSSR count). The number of amides is 1. The molecule has 1 aliphatic rings. The van der Waals surface area contributed by atoms with E-state index in [1.807, 2.05) is 18.2 Å². The molecule has 0 radical (unpaired) electrons. The quantitative estimate of drug-likeness (QED) is 0.725. The topological polar surface area (TPSA) is 76.8 Å². The molecule has 3 N–H and O–H groups in total. The first-order valence-corrected chi connectivity index (χ1v) is 9.62. The summed E-state index contributed by atoms with van der Waals surface area (Å²) in [5.41, 5.74) is 7.81. The molecule has 1 fully saturated rings. The highest BCUT2D eigenvalue weighted by atomic mass is 35.5. The second-order valence-corrected chi connectivity index (χ2v) is 7.34. The standard InChI is InChI=1S/C21H26ClN3O3/c1-27-19-11-17(23)16(22)10-15(19)21(26)24-18-8-9-25(13-20(18)28-2)12-14-6-4-3-5-7-14/h3-7,10-11,18,20H,8-9,12-13,23H2,1-2H3,(H,24,26). The van der Waals surface area contributed by atoms with Gasteiger partial charge in [-0.05, 0) is 18.1 Å². The number of benzene rings is 2. The van der Waals surface area contributed by atoms with Crippen LogP contribution in [0.1, 0.15) is 22.3 Å². The molecule has 0 aromatic heterocycles. The van der Waals surface area contributed by atoms with E-state index in [1.165, 1.54) is 18.7 Å². The summed E-state index contributed by atoms with van der Waals surface area (Å²) in [6, 6.07) is 13.3. The third-order valence-corrected chi connectivity index (χ3v) is 5.40. The Morgan fingerprint density at radius 3 is 2.71 bits per heavy atom. The lowest BCUT2D eigenvalue weighted by Crippen LogP contribution is -2.54. The van der Waals surface area contributed by atoms with Gasteiger partial charge < -0.3 is 20.5 Å². The first-order valence-electron chi connectivity index (χ1n) is 9.24. The summed E-state index contributed by atoms with van der Waals surface area (Å²) in [5, 5.41) is 3.40. The SMILES string of the molecule is COc1cc(N)c(Cl)cc1C(=O)NC1CCN(Cc2ccccc2)CC1OC. The first kappa shape index (κ1) is 20.5. The zero-order chi connectivity index (χ0) is 20.1. The Bertz CT molecular complexity index is 816. The number of halogens is 1. The van der Waals surface area contributed by atoms with E-state index < -0.39 is 0 Å². The zero-order valence-corrected chi connectivity index (χ0v) is 16.9. The third-order valence-electron chi connectivity index (χ3n) is 5.07. The molecule has 28 heavy (non-hydrogen) atoms. The van der Waals surface area contributed by atoms with Crippen molar-refractivity contribution in [2.24, 2.45) is 0 Å². The molecular formula is C21H26ClN3O3. The lowest BCUT2D eigenvalue weighted by Gasteiger charge is -2.38. The van der Waals surface area contributed by atoms with E-state index in [1.54, 1.807) is 13.2 Å². The summed E-state index contributed by atoms with van der Waals surface area (Å²) in [6.07, 6.45) is 0.693. The fourth-order valence-electron chi connectivity index (χ4n) is 3.53. The van der Waals surface area contributed by atoms with Gasteiger partial charge in [-0.3, -0.25) is 9.69 Å². The number of carbonyl (C=O) groups excluding carboxylic acids is 1. The monoisotopic (exact) mass is 403 g/mol. The number of rotatable bonds is 6. The number of nitrogens with one attached hydrogen (secondary N) is 1. The maximum Gasteiger partial charge on any atom is 0.255 e. The predicted octanol–water partition coefficient (Wildman–Crippen LogP) is 2.95. The van der Waals surface area contributed by atoms with Gasteiger partial charge in [-0.15, -0.1) is 0 Å². The Morgan fingerprint density at radius 1 is 1.29 bits per heavy atom. The van der Waals surface area contributed by atoms with Gasteiger partial charge in [0.1, 0.15) is 5.75 Å². The van der Waals surface area contributed by atoms with E-state index in [9.17, 15) is 4.79 Å². The van der Waals surface area contributed by atoms with Crippen molar-refractivity contribution in [3.05, 3.63) is 58.6 Å². The Balaban J connectivity index is 1.66. The van der Waals surface area contributed by atoms with Gasteiger partial charge in [0.2, 0.25) is 0 Å². The molecule has 0 spiro atoms. The molecular weight excluding hydrogens is 378 g/mol. The largest absolute Gasteiger partial charge is 0.496 e. The van der Waals surface area contributed by atoms with Crippen molar-refractivity contribution >= 4 is 23.2 Å². The average molecular weight is 404 g/mol. The van der Waals surface area contributed by atoms with Crippen LogP contribution in [-0.4, -0.2) is 50.3 Å². The summed E-state index contributed by atoms with van der Waals surface area (Å²) in [7, 11) is 3.18. The molecule has 150 valence electrons. The van der Waals surface area contributed by atoms with Gasteiger partial charge in [0.25, 0.3) is 5.91 Å². The molecule has 7 heteroatoms. The molecule has 2 unspecified atom stereocenters. The molecule has 2 atom stereocenters. The average Bonchev–Trinajstić information content (AvgIpc) is 2.71. The van der Waals surface area contributed by atoms with Crippen LogP contribution in [0.3, 0.4) is 0 Å². The fraction of sp³-hybridized carbons (Fsp3) is 0.381. The van der Waals surface area contributed by atoms with E-state index in [4.69, 9.17) is 26.8 Å². The number of hydrogen-bond acceptors (Lipinski definition) is 5. The summed E-state index contributed by atoms with van der Waals surface area (Å²) in [4.78, 5) is 15.2. The molecule has 6 nitrogen and oxygen atoms in total. The fourth-order valence-corrected chi connectivity index (χ4v) is 3.69. The smallest absolute Gasteiger partial charge is 0.255 e. The lowest BCUT2D eigenvalue weighted by molar-refractivity contribution is 0.00387. The van der Waals surface area contributed by atoms with Crippen molar-refractivity contribution in [3.63, 3.8) is 0 Å². The van der Waals surface area contributed by atoms with Crippen molar-refractivity contribution in [2.45, 2.75) is 25.1 Å². The Labute approximate surface area is 170 Å². The molecule has 1 saturated heterocycles. The highest BCUT2D eigenvalue weighted by Gasteiger charge is 2.31. The number of carbonyl (C=O) groups is 1. The van der Waals surface area contributed by atoms with Crippen LogP contribution in [-0.2, 0) is 11.3 Å². The van der Waals surface area contributed by atoms with E-state index in [0.717, 1.165) is 26.1 Å². The Hall–Kier alpha value is -2.28. The second-order valence-electron chi connectivity index (χ2n) is 6.94. The summed E-state index contributed by atoms with van der Waals surface area (Å²) < 4.78 is 11.0. The number of likely N-dealkylation sites (tertiary alicyclic amines) is 1. The van der Waals surface area contributed by atoms with E-state index in [-0.39, 0.29) is 18.1 Å². The highest BCUT2D eigenvalue weighted by Crippen LogP contribution is 2.29. The van der Waals surface area contributed by atoms with Crippen LogP contribution in [0, 0.1) is 0 Å². The Morgan fingerprint density at radius 2 is 2.04 bits per heavy atom. The molecule has 2 aromatic rings. The zero-order valence-electron chi connectivity index (χ0n) is 16.2. The van der Waals surface area contributed by atoms with Crippen molar-refractivity contribution in [1.82, 2.24) is 10.2 Å². The number of methoxy groups -OCH3 is 2. The van der Waals surface area contributed by atoms with Crippen LogP contribution in [0.4, 0.5) is 5.69 Å². The maximum atomic E-state index is 12.8. The normalized spacial score (nSPS) is 20.0. The van der Waals surface area contributed by atoms with E-state index in [0.29, 0.717) is 22.0 Å². The third kappa shape index (κ3) is 4.76. The molecule has 1 aliphatic heterocycles. The summed E-state index contributed by atoms with van der Waals surface area (Å²) in [6.45, 7) is 2.48. The van der Waals surface area contributed by atoms with Crippen molar-refractivity contribution in [1.29, 1.82) is 0 Å². The highest BCUT2D eigenvalue weighted by molar-refractivity contribution is 6.33. The second kappa shape index (κ2) is 9.28. The summed E-state index contributed by atoms with van der Waals surface area (Å²) >= 11 is 6.09. The minimum absolute atomic E-state index is 0.0921. The van der Waals surface area contributed by atoms with Gasteiger partial charge in [0.05, 0.1) is 35.5 Å². The molecule has 0 aliphatic carbocycles. The predicted molar refractivity (Wildman–Crippen MR) is 111 cm³/mol. The van der Waals surface area contributed by atoms with Gasteiger partial charge in [0.15, 0.2) is 0 Å². The van der Waals surface area contributed by atoms with Crippen molar-refractivity contribution in [3.8, 4) is 5.75 Å². The molecule has 2 aromatic carbocycles. The number of hydrogen-bond donors (Lipinski definition) is 2. The van der Waals surface area contributed by atoms with Gasteiger partial charge in [-0.1, -0.05) is 41.9 Å². The van der Waals surface area contributed by atoms with Crippen molar-refractivity contribution in [2.75, 3.05) is 33.0 Å². The van der Waals surface area contributed by atoms with Gasteiger partial charge in [0, 0.05) is 32.8 Å². The number of nitrogens with two attached hydrogens (primary N) is 1. The van der Waals surface area contributed by atoms with Crippen LogP contribution in [0.15, 0.2) is 42.5 Å². The van der Waals surface area contributed by atoms with Crippen LogP contribution >= 0.6 is 11.6 Å². The Kier molecular flexibility index (Phi) is 6.78. The molecule has 0 saturated carbocycles. The van der Waals surface area contributed by atoms with Gasteiger partial charge in [-0.25, -0.2) is 0 Å². The lowest BCUT2D eigenvalue weighted by atomic mass is 10.00. The van der Waals surface area contributed by atoms with Crippen LogP contribution in [0.5, 0.6) is 5.75 Å². The maximum absolute atomic E-state index is 12.8.